The Balaban J connectivity index is 2.94. The molecule has 1 fully saturated rings. The van der Waals surface area contributed by atoms with Crippen LogP contribution in [-0.4, -0.2) is 56.2 Å². The standard InChI is InChI=1S/C12H21NO6S/c1-13(8-10(14)15)20(17,18)9-12(11(16)19-2)6-4-3-5-7-12/h3-9H2,1-2H3,(H,14,15). The molecule has 1 rings (SSSR count). The fraction of sp³-hybridized carbons (Fsp3) is 0.833. The van der Waals surface area contributed by atoms with Crippen molar-refractivity contribution >= 4 is 22.0 Å². The Morgan fingerprint density at radius 3 is 2.25 bits per heavy atom. The van der Waals surface area contributed by atoms with E-state index in [0.29, 0.717) is 12.8 Å². The summed E-state index contributed by atoms with van der Waals surface area (Å²) >= 11 is 0. The van der Waals surface area contributed by atoms with Gasteiger partial charge in [0.25, 0.3) is 0 Å². The maximum atomic E-state index is 12.2. The quantitative estimate of drug-likeness (QED) is 0.715. The van der Waals surface area contributed by atoms with Crippen LogP contribution in [0, 0.1) is 5.41 Å². The molecule has 0 amide bonds. The van der Waals surface area contributed by atoms with E-state index in [1.807, 2.05) is 0 Å². The third kappa shape index (κ3) is 3.92. The van der Waals surface area contributed by atoms with Gasteiger partial charge in [-0.15, -0.1) is 0 Å². The molecule has 7 nitrogen and oxygen atoms in total. The van der Waals surface area contributed by atoms with Crippen molar-refractivity contribution in [3.63, 3.8) is 0 Å². The van der Waals surface area contributed by atoms with Gasteiger partial charge in [0.2, 0.25) is 10.0 Å². The monoisotopic (exact) mass is 307 g/mol. The van der Waals surface area contributed by atoms with Crippen LogP contribution in [0.2, 0.25) is 0 Å². The summed E-state index contributed by atoms with van der Waals surface area (Å²) in [6.45, 7) is -0.612. The van der Waals surface area contributed by atoms with Crippen LogP contribution in [-0.2, 0) is 24.3 Å². The van der Waals surface area contributed by atoms with E-state index < -0.39 is 39.7 Å². The molecular weight excluding hydrogens is 286 g/mol. The van der Waals surface area contributed by atoms with E-state index >= 15 is 0 Å². The van der Waals surface area contributed by atoms with Gasteiger partial charge in [0.1, 0.15) is 6.54 Å². The summed E-state index contributed by atoms with van der Waals surface area (Å²) in [7, 11) is -1.37. The number of esters is 1. The normalized spacial score (nSPS) is 18.8. The van der Waals surface area contributed by atoms with Crippen molar-refractivity contribution in [1.82, 2.24) is 4.31 Å². The molecular formula is C12H21NO6S. The number of nitrogens with zero attached hydrogens (tertiary/aromatic N) is 1. The van der Waals surface area contributed by atoms with E-state index in [-0.39, 0.29) is 0 Å². The summed E-state index contributed by atoms with van der Waals surface area (Å²) in [4.78, 5) is 22.6. The van der Waals surface area contributed by atoms with Gasteiger partial charge in [-0.1, -0.05) is 19.3 Å². The molecule has 0 saturated heterocycles. The molecule has 0 bridgehead atoms. The summed E-state index contributed by atoms with van der Waals surface area (Å²) in [5, 5.41) is 8.67. The number of likely N-dealkylation sites (N-methyl/N-ethyl adjacent to an activating group) is 1. The lowest BCUT2D eigenvalue weighted by molar-refractivity contribution is -0.153. The molecule has 0 heterocycles. The first-order valence-electron chi connectivity index (χ1n) is 6.48. The number of methoxy groups -OCH3 is 1. The third-order valence-corrected chi connectivity index (χ3v) is 5.72. The van der Waals surface area contributed by atoms with Crippen molar-refractivity contribution in [2.24, 2.45) is 5.41 Å². The van der Waals surface area contributed by atoms with Gasteiger partial charge in [0.05, 0.1) is 18.3 Å². The smallest absolute Gasteiger partial charge is 0.318 e. The molecule has 20 heavy (non-hydrogen) atoms. The van der Waals surface area contributed by atoms with Crippen LogP contribution in [0.1, 0.15) is 32.1 Å². The maximum Gasteiger partial charge on any atom is 0.318 e. The van der Waals surface area contributed by atoms with Gasteiger partial charge in [0.15, 0.2) is 0 Å². The summed E-state index contributed by atoms with van der Waals surface area (Å²) in [5.74, 6) is -2.15. The minimum Gasteiger partial charge on any atom is -0.480 e. The number of rotatable bonds is 6. The first kappa shape index (κ1) is 16.9. The number of sulfonamides is 1. The molecule has 1 aliphatic carbocycles. The Kier molecular flexibility index (Phi) is 5.52. The van der Waals surface area contributed by atoms with Crippen molar-refractivity contribution in [2.45, 2.75) is 32.1 Å². The molecule has 0 aromatic carbocycles. The molecule has 0 aromatic heterocycles. The summed E-state index contributed by atoms with van der Waals surface area (Å²) < 4.78 is 30.0. The summed E-state index contributed by atoms with van der Waals surface area (Å²) in [5.41, 5.74) is -1.04. The topological polar surface area (TPSA) is 101 Å². The van der Waals surface area contributed by atoms with Crippen molar-refractivity contribution in [1.29, 1.82) is 0 Å². The highest BCUT2D eigenvalue weighted by Gasteiger charge is 2.45. The van der Waals surface area contributed by atoms with Crippen molar-refractivity contribution in [3.8, 4) is 0 Å². The molecule has 8 heteroatoms. The van der Waals surface area contributed by atoms with Crippen LogP contribution < -0.4 is 0 Å². The fourth-order valence-corrected chi connectivity index (χ4v) is 4.23. The first-order chi connectivity index (χ1) is 9.23. The lowest BCUT2D eigenvalue weighted by Gasteiger charge is -2.35. The number of ether oxygens (including phenoxy) is 1. The zero-order valence-electron chi connectivity index (χ0n) is 11.8. The van der Waals surface area contributed by atoms with E-state index in [0.717, 1.165) is 23.6 Å². The van der Waals surface area contributed by atoms with E-state index in [1.54, 1.807) is 0 Å². The van der Waals surface area contributed by atoms with Crippen LogP contribution in [0.15, 0.2) is 0 Å². The fourth-order valence-electron chi connectivity index (χ4n) is 2.60. The number of carboxylic acids is 1. The highest BCUT2D eigenvalue weighted by Crippen LogP contribution is 2.39. The maximum absolute atomic E-state index is 12.2. The number of aliphatic carboxylic acids is 1. The summed E-state index contributed by atoms with van der Waals surface area (Å²) in [6.07, 6.45) is 3.42. The largest absolute Gasteiger partial charge is 0.480 e. The van der Waals surface area contributed by atoms with Crippen molar-refractivity contribution in [2.75, 3.05) is 26.5 Å². The molecule has 116 valence electrons. The van der Waals surface area contributed by atoms with Gasteiger partial charge in [-0.25, -0.2) is 8.42 Å². The van der Waals surface area contributed by atoms with E-state index in [2.05, 4.69) is 0 Å². The molecule has 0 aliphatic heterocycles. The van der Waals surface area contributed by atoms with Gasteiger partial charge in [0, 0.05) is 7.05 Å². The minimum absolute atomic E-state index is 0.392. The molecule has 1 saturated carbocycles. The Morgan fingerprint density at radius 2 is 1.80 bits per heavy atom. The van der Waals surface area contributed by atoms with Gasteiger partial charge in [-0.3, -0.25) is 9.59 Å². The predicted molar refractivity (Wildman–Crippen MR) is 71.6 cm³/mol. The van der Waals surface area contributed by atoms with Crippen LogP contribution >= 0.6 is 0 Å². The SMILES string of the molecule is COC(=O)C1(CS(=O)(=O)N(C)CC(=O)O)CCCCC1. The van der Waals surface area contributed by atoms with Crippen LogP contribution in [0.25, 0.3) is 0 Å². The Bertz CT molecular complexity index is 466. The van der Waals surface area contributed by atoms with Crippen LogP contribution in [0.3, 0.4) is 0 Å². The highest BCUT2D eigenvalue weighted by atomic mass is 32.2. The number of hydrogen-bond acceptors (Lipinski definition) is 5. The average molecular weight is 307 g/mol. The molecule has 0 unspecified atom stereocenters. The van der Waals surface area contributed by atoms with Gasteiger partial charge in [-0.05, 0) is 12.8 Å². The molecule has 0 radical (unpaired) electrons. The number of carboxylic acid groups (broad SMARTS) is 1. The first-order valence-corrected chi connectivity index (χ1v) is 8.09. The van der Waals surface area contributed by atoms with Crippen molar-refractivity contribution in [3.05, 3.63) is 0 Å². The van der Waals surface area contributed by atoms with E-state index in [9.17, 15) is 18.0 Å². The molecule has 0 atom stereocenters. The van der Waals surface area contributed by atoms with Crippen LogP contribution in [0.4, 0.5) is 0 Å². The molecule has 1 N–H and O–H groups in total. The van der Waals surface area contributed by atoms with Gasteiger partial charge >= 0.3 is 11.9 Å². The Hall–Kier alpha value is -1.15. The average Bonchev–Trinajstić information content (AvgIpc) is 2.37. The third-order valence-electron chi connectivity index (χ3n) is 3.72. The zero-order chi connectivity index (χ0) is 15.4. The Labute approximate surface area is 118 Å². The molecule has 1 aliphatic rings. The van der Waals surface area contributed by atoms with Crippen molar-refractivity contribution < 1.29 is 27.9 Å². The minimum atomic E-state index is -3.82. The van der Waals surface area contributed by atoms with Gasteiger partial charge < -0.3 is 9.84 Å². The van der Waals surface area contributed by atoms with E-state index in [4.69, 9.17) is 9.84 Å². The van der Waals surface area contributed by atoms with E-state index in [1.165, 1.54) is 14.2 Å². The van der Waals surface area contributed by atoms with Crippen LogP contribution in [0.5, 0.6) is 0 Å². The lowest BCUT2D eigenvalue weighted by Crippen LogP contribution is -2.45. The predicted octanol–water partition coefficient (Wildman–Crippen LogP) is 0.456. The zero-order valence-corrected chi connectivity index (χ0v) is 12.6. The molecule has 0 spiro atoms. The number of hydrogen-bond donors (Lipinski definition) is 1. The van der Waals surface area contributed by atoms with Gasteiger partial charge in [-0.2, -0.15) is 4.31 Å². The summed E-state index contributed by atoms with van der Waals surface area (Å²) in [6, 6.07) is 0. The second-order valence-corrected chi connectivity index (χ2v) is 7.31. The second kappa shape index (κ2) is 6.53. The second-order valence-electron chi connectivity index (χ2n) is 5.24. The number of carbonyl (C=O) groups excluding carboxylic acids is 1. The number of carbonyl (C=O) groups is 2. The molecule has 0 aromatic rings. The highest BCUT2D eigenvalue weighted by molar-refractivity contribution is 7.89. The Morgan fingerprint density at radius 1 is 1.25 bits per heavy atom. The lowest BCUT2D eigenvalue weighted by atomic mass is 9.75.